The van der Waals surface area contributed by atoms with E-state index in [9.17, 15) is 4.79 Å². The van der Waals surface area contributed by atoms with Crippen molar-refractivity contribution in [3.05, 3.63) is 35.8 Å². The number of hydrogen-bond donors (Lipinski definition) is 2. The van der Waals surface area contributed by atoms with Crippen LogP contribution < -0.4 is 20.7 Å². The van der Waals surface area contributed by atoms with E-state index in [1.165, 1.54) is 0 Å². The zero-order valence-corrected chi connectivity index (χ0v) is 15.1. The number of aromatic nitrogens is 4. The first-order valence-electron chi connectivity index (χ1n) is 7.98. The molecule has 9 nitrogen and oxygen atoms in total. The minimum Gasteiger partial charge on any atom is -0.497 e. The van der Waals surface area contributed by atoms with Crippen LogP contribution in [0.4, 0.5) is 11.9 Å². The first kappa shape index (κ1) is 17.5. The van der Waals surface area contributed by atoms with Gasteiger partial charge >= 0.3 is 0 Å². The second-order valence-corrected chi connectivity index (χ2v) is 6.00. The van der Waals surface area contributed by atoms with Crippen molar-refractivity contribution in [3.63, 3.8) is 0 Å². The lowest BCUT2D eigenvalue weighted by Crippen LogP contribution is -2.26. The van der Waals surface area contributed by atoms with Crippen molar-refractivity contribution in [1.29, 1.82) is 0 Å². The quantitative estimate of drug-likeness (QED) is 0.701. The van der Waals surface area contributed by atoms with Crippen LogP contribution in [-0.4, -0.2) is 46.6 Å². The Balaban J connectivity index is 1.80. The molecule has 3 N–H and O–H groups in total. The van der Waals surface area contributed by atoms with Gasteiger partial charge in [0.05, 0.1) is 13.7 Å². The summed E-state index contributed by atoms with van der Waals surface area (Å²) in [5, 5.41) is 3.75. The zero-order chi connectivity index (χ0) is 18.8. The lowest BCUT2D eigenvalue weighted by Gasteiger charge is -2.12. The summed E-state index contributed by atoms with van der Waals surface area (Å²) in [6, 6.07) is 7.49. The summed E-state index contributed by atoms with van der Waals surface area (Å²) in [5.74, 6) is 1.47. The molecule has 0 unspecified atom stereocenters. The largest absolute Gasteiger partial charge is 0.497 e. The smallest absolute Gasteiger partial charge is 0.268 e. The third kappa shape index (κ3) is 3.37. The van der Waals surface area contributed by atoms with Crippen molar-refractivity contribution >= 4 is 28.7 Å². The molecule has 1 aromatic carbocycles. The molecule has 0 atom stereocenters. The average Bonchev–Trinajstić information content (AvgIpc) is 2.95. The average molecular weight is 355 g/mol. The highest BCUT2D eigenvalue weighted by molar-refractivity contribution is 5.98. The molecule has 2 heterocycles. The van der Waals surface area contributed by atoms with Gasteiger partial charge in [0.2, 0.25) is 11.9 Å². The molecule has 0 radical (unpaired) electrons. The van der Waals surface area contributed by atoms with Crippen LogP contribution in [0.2, 0.25) is 0 Å². The summed E-state index contributed by atoms with van der Waals surface area (Å²) in [5.41, 5.74) is 7.17. The van der Waals surface area contributed by atoms with E-state index in [4.69, 9.17) is 10.5 Å². The Hall–Kier alpha value is -3.36. The number of hydrogen-bond acceptors (Lipinski definition) is 7. The van der Waals surface area contributed by atoms with Gasteiger partial charge in [0.25, 0.3) is 5.91 Å². The van der Waals surface area contributed by atoms with E-state index in [0.717, 1.165) is 16.7 Å². The van der Waals surface area contributed by atoms with Crippen LogP contribution in [0.1, 0.15) is 16.3 Å². The zero-order valence-electron chi connectivity index (χ0n) is 15.1. The second-order valence-electron chi connectivity index (χ2n) is 6.00. The number of nitrogens with one attached hydrogen (secondary N) is 1. The molecular formula is C17H21N7O2. The topological polar surface area (TPSA) is 111 Å². The van der Waals surface area contributed by atoms with Crippen molar-refractivity contribution in [2.45, 2.75) is 6.54 Å². The number of ether oxygens (including phenoxy) is 1. The van der Waals surface area contributed by atoms with Crippen molar-refractivity contribution in [2.24, 2.45) is 7.05 Å². The second kappa shape index (κ2) is 6.87. The summed E-state index contributed by atoms with van der Waals surface area (Å²) >= 11 is 0. The predicted octanol–water partition coefficient (Wildman–Crippen LogP) is 0.950. The van der Waals surface area contributed by atoms with Gasteiger partial charge in [-0.15, -0.1) is 0 Å². The van der Waals surface area contributed by atoms with Crippen LogP contribution in [0.3, 0.4) is 0 Å². The van der Waals surface area contributed by atoms with E-state index >= 15 is 0 Å². The normalized spacial score (nSPS) is 10.8. The Morgan fingerprint density at radius 2 is 2.04 bits per heavy atom. The Kier molecular flexibility index (Phi) is 4.61. The highest BCUT2D eigenvalue weighted by Crippen LogP contribution is 2.23. The van der Waals surface area contributed by atoms with E-state index in [-0.39, 0.29) is 18.4 Å². The molecule has 3 rings (SSSR count). The van der Waals surface area contributed by atoms with Crippen molar-refractivity contribution in [1.82, 2.24) is 24.8 Å². The maximum atomic E-state index is 12.6. The monoisotopic (exact) mass is 355 g/mol. The number of amides is 1. The molecule has 0 spiro atoms. The van der Waals surface area contributed by atoms with Crippen molar-refractivity contribution < 1.29 is 9.53 Å². The Morgan fingerprint density at radius 3 is 2.73 bits per heavy atom. The maximum absolute atomic E-state index is 12.6. The van der Waals surface area contributed by atoms with Gasteiger partial charge in [-0.1, -0.05) is 0 Å². The fourth-order valence-electron chi connectivity index (χ4n) is 2.63. The highest BCUT2D eigenvalue weighted by Gasteiger charge is 2.15. The molecule has 0 fully saturated rings. The van der Waals surface area contributed by atoms with Gasteiger partial charge in [-0.25, -0.2) is 0 Å². The molecule has 3 aromatic rings. The number of anilines is 2. The van der Waals surface area contributed by atoms with Crippen molar-refractivity contribution in [2.75, 3.05) is 31.8 Å². The van der Waals surface area contributed by atoms with Crippen LogP contribution in [0.15, 0.2) is 24.3 Å². The molecule has 0 aliphatic carbocycles. The molecule has 2 aromatic heterocycles. The molecule has 0 aliphatic rings. The van der Waals surface area contributed by atoms with E-state index < -0.39 is 0 Å². The molecule has 0 saturated heterocycles. The van der Waals surface area contributed by atoms with Crippen LogP contribution in [0.25, 0.3) is 10.9 Å². The van der Waals surface area contributed by atoms with Crippen molar-refractivity contribution in [3.8, 4) is 5.75 Å². The number of nitrogens with two attached hydrogens (primary N) is 1. The number of rotatable bonds is 5. The van der Waals surface area contributed by atoms with E-state index in [1.807, 2.05) is 35.9 Å². The van der Waals surface area contributed by atoms with Gasteiger partial charge in [0.1, 0.15) is 11.4 Å². The Morgan fingerprint density at radius 1 is 1.27 bits per heavy atom. The SMILES string of the molecule is COc1ccc2c(c1)cc(C(=O)NCc1nc(N)nc(N(C)C)n1)n2C. The fourth-order valence-corrected chi connectivity index (χ4v) is 2.63. The minimum atomic E-state index is -0.229. The molecule has 136 valence electrons. The van der Waals surface area contributed by atoms with Crippen LogP contribution in [0, 0.1) is 0 Å². The molecule has 26 heavy (non-hydrogen) atoms. The molecule has 1 amide bonds. The summed E-state index contributed by atoms with van der Waals surface area (Å²) in [4.78, 5) is 26.7. The summed E-state index contributed by atoms with van der Waals surface area (Å²) in [7, 11) is 7.07. The number of benzene rings is 1. The fraction of sp³-hybridized carbons (Fsp3) is 0.294. The standard InChI is InChI=1S/C17H21N7O2/c1-23(2)17-21-14(20-16(18)22-17)9-19-15(25)13-8-10-7-11(26-4)5-6-12(10)24(13)3/h5-8H,9H2,1-4H3,(H,19,25)(H2,18,20,21,22). The van der Waals surface area contributed by atoms with E-state index in [1.54, 1.807) is 26.1 Å². The molecule has 0 bridgehead atoms. The van der Waals surface area contributed by atoms with Gasteiger partial charge in [0.15, 0.2) is 5.82 Å². The van der Waals surface area contributed by atoms with E-state index in [2.05, 4.69) is 20.3 Å². The first-order valence-corrected chi connectivity index (χ1v) is 7.98. The number of carbonyl (C=O) groups excluding carboxylic acids is 1. The number of fused-ring (bicyclic) bond motifs is 1. The van der Waals surface area contributed by atoms with Gasteiger partial charge in [-0.3, -0.25) is 4.79 Å². The molecule has 0 saturated carbocycles. The van der Waals surface area contributed by atoms with Gasteiger partial charge < -0.3 is 25.3 Å². The van der Waals surface area contributed by atoms with Crippen LogP contribution in [0.5, 0.6) is 5.75 Å². The first-order chi connectivity index (χ1) is 12.4. The summed E-state index contributed by atoms with van der Waals surface area (Å²) in [6.45, 7) is 0.150. The predicted molar refractivity (Wildman–Crippen MR) is 99.2 cm³/mol. The summed E-state index contributed by atoms with van der Waals surface area (Å²) in [6.07, 6.45) is 0. The lowest BCUT2D eigenvalue weighted by atomic mass is 10.2. The number of aryl methyl sites for hydroxylation is 1. The molecule has 0 aliphatic heterocycles. The number of methoxy groups -OCH3 is 1. The molecular weight excluding hydrogens is 334 g/mol. The maximum Gasteiger partial charge on any atom is 0.268 e. The van der Waals surface area contributed by atoms with Gasteiger partial charge in [0, 0.05) is 32.0 Å². The Labute approximate surface area is 150 Å². The number of nitrogen functional groups attached to an aromatic ring is 1. The third-order valence-corrected chi connectivity index (χ3v) is 3.98. The number of nitrogens with zero attached hydrogens (tertiary/aromatic N) is 5. The van der Waals surface area contributed by atoms with Crippen LogP contribution in [-0.2, 0) is 13.6 Å². The Bertz CT molecular complexity index is 965. The lowest BCUT2D eigenvalue weighted by molar-refractivity contribution is 0.0942. The number of carbonyl (C=O) groups is 1. The molecule has 9 heteroatoms. The third-order valence-electron chi connectivity index (χ3n) is 3.98. The van der Waals surface area contributed by atoms with Gasteiger partial charge in [-0.05, 0) is 24.3 Å². The van der Waals surface area contributed by atoms with E-state index in [0.29, 0.717) is 17.5 Å². The summed E-state index contributed by atoms with van der Waals surface area (Å²) < 4.78 is 7.06. The minimum absolute atomic E-state index is 0.115. The van der Waals surface area contributed by atoms with Gasteiger partial charge in [-0.2, -0.15) is 15.0 Å². The van der Waals surface area contributed by atoms with Crippen LogP contribution >= 0.6 is 0 Å². The highest BCUT2D eigenvalue weighted by atomic mass is 16.5.